The summed E-state index contributed by atoms with van der Waals surface area (Å²) < 4.78 is 4.92. The molecule has 0 unspecified atom stereocenters. The van der Waals surface area contributed by atoms with E-state index in [4.69, 9.17) is 10.2 Å². The van der Waals surface area contributed by atoms with Crippen molar-refractivity contribution in [3.8, 4) is 11.5 Å². The average molecular weight is 194 g/mol. The highest BCUT2D eigenvalue weighted by Gasteiger charge is 2.14. The number of anilines is 1. The standard InChI is InChI=1S/C7H6N4O3/c8-6-3-4(9-10-6)5-1-2-7(14-5)11(12)13/h1-3H,(H3,8,9,10). The zero-order valence-electron chi connectivity index (χ0n) is 6.93. The van der Waals surface area contributed by atoms with E-state index in [0.717, 1.165) is 0 Å². The molecule has 0 saturated carbocycles. The molecule has 0 bridgehead atoms. The Morgan fingerprint density at radius 1 is 1.57 bits per heavy atom. The number of hydrogen-bond donors (Lipinski definition) is 2. The summed E-state index contributed by atoms with van der Waals surface area (Å²) in [5, 5.41) is 16.6. The molecular weight excluding hydrogens is 188 g/mol. The zero-order chi connectivity index (χ0) is 10.1. The van der Waals surface area contributed by atoms with Crippen LogP contribution in [-0.2, 0) is 0 Å². The van der Waals surface area contributed by atoms with Crippen LogP contribution in [0, 0.1) is 10.1 Å². The third-order valence-electron chi connectivity index (χ3n) is 1.63. The molecule has 0 aromatic carbocycles. The minimum Gasteiger partial charge on any atom is -0.399 e. The second-order valence-corrected chi connectivity index (χ2v) is 2.60. The number of nitrogens with two attached hydrogens (primary N) is 1. The highest BCUT2D eigenvalue weighted by molar-refractivity contribution is 5.57. The van der Waals surface area contributed by atoms with Gasteiger partial charge in [-0.2, -0.15) is 5.10 Å². The predicted molar refractivity (Wildman–Crippen MR) is 47.4 cm³/mol. The number of nitrogens with one attached hydrogen (secondary N) is 1. The summed E-state index contributed by atoms with van der Waals surface area (Å²) in [4.78, 5) is 9.70. The lowest BCUT2D eigenvalue weighted by atomic mass is 10.3. The molecule has 0 atom stereocenters. The third kappa shape index (κ3) is 1.30. The Hall–Kier alpha value is -2.31. The van der Waals surface area contributed by atoms with Gasteiger partial charge in [0.15, 0.2) is 5.76 Å². The van der Waals surface area contributed by atoms with Gasteiger partial charge in [-0.25, -0.2) is 0 Å². The Balaban J connectivity index is 2.38. The van der Waals surface area contributed by atoms with Crippen LogP contribution in [0.1, 0.15) is 0 Å². The van der Waals surface area contributed by atoms with E-state index in [1.165, 1.54) is 18.2 Å². The van der Waals surface area contributed by atoms with Crippen LogP contribution in [-0.4, -0.2) is 15.1 Å². The average Bonchev–Trinajstić information content (AvgIpc) is 2.70. The minimum absolute atomic E-state index is 0.305. The third-order valence-corrected chi connectivity index (χ3v) is 1.63. The lowest BCUT2D eigenvalue weighted by molar-refractivity contribution is -0.401. The minimum atomic E-state index is -0.608. The first-order valence-electron chi connectivity index (χ1n) is 3.72. The molecule has 7 nitrogen and oxygen atoms in total. The number of nitrogens with zero attached hydrogens (tertiary/aromatic N) is 2. The molecule has 2 heterocycles. The molecule has 0 aliphatic heterocycles. The first kappa shape index (κ1) is 8.30. The van der Waals surface area contributed by atoms with Gasteiger partial charge in [-0.15, -0.1) is 0 Å². The summed E-state index contributed by atoms with van der Waals surface area (Å²) in [7, 11) is 0. The molecule has 0 radical (unpaired) electrons. The molecule has 3 N–H and O–H groups in total. The Bertz CT molecular complexity index is 473. The molecule has 0 spiro atoms. The van der Waals surface area contributed by atoms with E-state index in [1.54, 1.807) is 0 Å². The normalized spacial score (nSPS) is 10.3. The molecule has 2 aromatic heterocycles. The van der Waals surface area contributed by atoms with E-state index in [0.29, 0.717) is 17.3 Å². The first-order valence-corrected chi connectivity index (χ1v) is 3.72. The molecule has 2 aromatic rings. The van der Waals surface area contributed by atoms with E-state index in [-0.39, 0.29) is 5.88 Å². The van der Waals surface area contributed by atoms with Gasteiger partial charge in [-0.05, 0) is 6.07 Å². The van der Waals surface area contributed by atoms with Gasteiger partial charge >= 0.3 is 5.88 Å². The maximum absolute atomic E-state index is 10.3. The fraction of sp³-hybridized carbons (Fsp3) is 0. The van der Waals surface area contributed by atoms with Crippen molar-refractivity contribution in [3.05, 3.63) is 28.3 Å². The maximum Gasteiger partial charge on any atom is 0.433 e. The second-order valence-electron chi connectivity index (χ2n) is 2.60. The monoisotopic (exact) mass is 194 g/mol. The van der Waals surface area contributed by atoms with Crippen LogP contribution >= 0.6 is 0 Å². The molecule has 14 heavy (non-hydrogen) atoms. The number of hydrogen-bond acceptors (Lipinski definition) is 5. The van der Waals surface area contributed by atoms with Gasteiger partial charge in [0, 0.05) is 6.07 Å². The molecular formula is C7H6N4O3. The van der Waals surface area contributed by atoms with Gasteiger partial charge in [0.2, 0.25) is 0 Å². The number of nitro groups is 1. The van der Waals surface area contributed by atoms with E-state index in [2.05, 4.69) is 10.2 Å². The van der Waals surface area contributed by atoms with Crippen molar-refractivity contribution in [1.29, 1.82) is 0 Å². The highest BCUT2D eigenvalue weighted by atomic mass is 16.6. The van der Waals surface area contributed by atoms with Crippen molar-refractivity contribution in [2.75, 3.05) is 5.73 Å². The van der Waals surface area contributed by atoms with Crippen LogP contribution < -0.4 is 5.73 Å². The molecule has 2 rings (SSSR count). The lowest BCUT2D eigenvalue weighted by Gasteiger charge is -1.86. The summed E-state index contributed by atoms with van der Waals surface area (Å²) in [6.07, 6.45) is 0. The van der Waals surface area contributed by atoms with Crippen LogP contribution in [0.15, 0.2) is 22.6 Å². The zero-order valence-corrected chi connectivity index (χ0v) is 6.93. The number of aromatic amines is 1. The molecule has 0 aliphatic rings. The summed E-state index contributed by atoms with van der Waals surface area (Å²) in [6, 6.07) is 4.28. The quantitative estimate of drug-likeness (QED) is 0.550. The van der Waals surface area contributed by atoms with Gasteiger partial charge in [-0.3, -0.25) is 15.2 Å². The van der Waals surface area contributed by atoms with Gasteiger partial charge in [0.05, 0.1) is 6.07 Å². The van der Waals surface area contributed by atoms with Crippen molar-refractivity contribution in [1.82, 2.24) is 10.2 Å². The number of H-pyrrole nitrogens is 1. The molecule has 72 valence electrons. The SMILES string of the molecule is Nc1cc(-c2ccc([N+](=O)[O-])o2)[nH]n1. The van der Waals surface area contributed by atoms with Crippen molar-refractivity contribution in [2.45, 2.75) is 0 Å². The van der Waals surface area contributed by atoms with Gasteiger partial charge < -0.3 is 10.2 Å². The van der Waals surface area contributed by atoms with Crippen LogP contribution in [0.4, 0.5) is 11.7 Å². The summed E-state index contributed by atoms with van der Waals surface area (Å²) >= 11 is 0. The Morgan fingerprint density at radius 3 is 2.86 bits per heavy atom. The molecule has 0 saturated heterocycles. The van der Waals surface area contributed by atoms with Gasteiger partial charge in [0.25, 0.3) is 0 Å². The summed E-state index contributed by atoms with van der Waals surface area (Å²) in [6.45, 7) is 0. The van der Waals surface area contributed by atoms with Crippen LogP contribution in [0.2, 0.25) is 0 Å². The van der Waals surface area contributed by atoms with Crippen LogP contribution in [0.5, 0.6) is 0 Å². The lowest BCUT2D eigenvalue weighted by Crippen LogP contribution is -1.82. The number of aromatic nitrogens is 2. The van der Waals surface area contributed by atoms with Crippen molar-refractivity contribution in [2.24, 2.45) is 0 Å². The Kier molecular flexibility index (Phi) is 1.70. The largest absolute Gasteiger partial charge is 0.433 e. The fourth-order valence-corrected chi connectivity index (χ4v) is 1.03. The van der Waals surface area contributed by atoms with E-state index >= 15 is 0 Å². The number of rotatable bonds is 2. The highest BCUT2D eigenvalue weighted by Crippen LogP contribution is 2.24. The Morgan fingerprint density at radius 2 is 2.36 bits per heavy atom. The topological polar surface area (TPSA) is 111 Å². The summed E-state index contributed by atoms with van der Waals surface area (Å²) in [5.41, 5.74) is 5.87. The van der Waals surface area contributed by atoms with E-state index in [1.807, 2.05) is 0 Å². The first-order chi connectivity index (χ1) is 6.66. The van der Waals surface area contributed by atoms with E-state index < -0.39 is 4.92 Å². The smallest absolute Gasteiger partial charge is 0.399 e. The van der Waals surface area contributed by atoms with Crippen molar-refractivity contribution < 1.29 is 9.34 Å². The molecule has 0 aliphatic carbocycles. The van der Waals surface area contributed by atoms with Gasteiger partial charge in [-0.1, -0.05) is 0 Å². The maximum atomic E-state index is 10.3. The fourth-order valence-electron chi connectivity index (χ4n) is 1.03. The van der Waals surface area contributed by atoms with Crippen molar-refractivity contribution >= 4 is 11.7 Å². The molecule has 0 amide bonds. The Labute approximate surface area is 77.7 Å². The van der Waals surface area contributed by atoms with E-state index in [9.17, 15) is 10.1 Å². The summed E-state index contributed by atoms with van der Waals surface area (Å²) in [5.74, 6) is 0.327. The van der Waals surface area contributed by atoms with Gasteiger partial charge in [0.1, 0.15) is 16.4 Å². The second kappa shape index (κ2) is 2.87. The van der Waals surface area contributed by atoms with Crippen molar-refractivity contribution in [3.63, 3.8) is 0 Å². The van der Waals surface area contributed by atoms with Crippen LogP contribution in [0.3, 0.4) is 0 Å². The number of nitrogen functional groups attached to an aromatic ring is 1. The predicted octanol–water partition coefficient (Wildman–Crippen LogP) is 1.16. The molecule has 7 heteroatoms. The molecule has 0 fully saturated rings. The van der Waals surface area contributed by atoms with Crippen LogP contribution in [0.25, 0.3) is 11.5 Å². The number of furan rings is 1.